The molecule has 0 bridgehead atoms. The van der Waals surface area contributed by atoms with Crippen LogP contribution in [0.1, 0.15) is 36.1 Å². The normalized spacial score (nSPS) is 13.5. The molecule has 8 amide bonds. The lowest BCUT2D eigenvalue weighted by molar-refractivity contribution is -0.134. The standard InChI is InChI=1S/C46H56N10O10/c1-27(51-43(63)35(47)21-31-13-17-33(57)18-14-31)41(61)49-25-39(59)53-37(23-29-9-5-3-6-10-29)45(65)55-56-46(66)38(24-30-11-7-4-8-12-30)54-40(60)26-50-42(62)28(2)52-44(64)36(48)22-32-15-19-34(58)20-16-32/h3-20,27-28,35-38,57-58H,21-26,47-48H2,1-2H3,(H,49,61)(H,50,62)(H,51,63)(H,52,64)(H,53,59)(H,54,60)(H,55,65)(H,56,66). The van der Waals surface area contributed by atoms with Crippen molar-refractivity contribution in [2.24, 2.45) is 11.5 Å². The lowest BCUT2D eigenvalue weighted by Crippen LogP contribution is -2.58. The molecule has 20 nitrogen and oxygen atoms in total. The summed E-state index contributed by atoms with van der Waals surface area (Å²) in [6.45, 7) is 1.65. The molecule has 4 rings (SSSR count). The van der Waals surface area contributed by atoms with E-state index in [0.29, 0.717) is 22.3 Å². The number of hydrogen-bond acceptors (Lipinski definition) is 12. The average Bonchev–Trinajstić information content (AvgIpc) is 3.30. The van der Waals surface area contributed by atoms with E-state index in [0.717, 1.165) is 0 Å². The van der Waals surface area contributed by atoms with Gasteiger partial charge in [0.15, 0.2) is 0 Å². The van der Waals surface area contributed by atoms with E-state index in [1.807, 2.05) is 0 Å². The minimum absolute atomic E-state index is 0.0271. The lowest BCUT2D eigenvalue weighted by atomic mass is 10.0. The molecule has 0 fully saturated rings. The fourth-order valence-corrected chi connectivity index (χ4v) is 6.28. The number of hydrogen-bond donors (Lipinski definition) is 12. The Kier molecular flexibility index (Phi) is 19.6. The van der Waals surface area contributed by atoms with Crippen LogP contribution in [0.2, 0.25) is 0 Å². The number of phenols is 2. The third-order valence-electron chi connectivity index (χ3n) is 9.99. The summed E-state index contributed by atoms with van der Waals surface area (Å²) in [7, 11) is 0. The van der Waals surface area contributed by atoms with Gasteiger partial charge in [0.1, 0.15) is 35.7 Å². The number of benzene rings is 4. The van der Waals surface area contributed by atoms with E-state index in [1.54, 1.807) is 84.9 Å². The van der Waals surface area contributed by atoms with Crippen LogP contribution in [0, 0.1) is 0 Å². The highest BCUT2D eigenvalue weighted by molar-refractivity contribution is 5.95. The van der Waals surface area contributed by atoms with Crippen LogP contribution in [0.25, 0.3) is 0 Å². The second-order valence-electron chi connectivity index (χ2n) is 15.4. The summed E-state index contributed by atoms with van der Waals surface area (Å²) in [6.07, 6.45) is 0.226. The summed E-state index contributed by atoms with van der Waals surface area (Å²) in [6, 6.07) is 22.9. The summed E-state index contributed by atoms with van der Waals surface area (Å²) >= 11 is 0. The van der Waals surface area contributed by atoms with Gasteiger partial charge in [0, 0.05) is 12.8 Å². The fourth-order valence-electron chi connectivity index (χ4n) is 6.28. The van der Waals surface area contributed by atoms with E-state index in [9.17, 15) is 48.6 Å². The van der Waals surface area contributed by atoms with Crippen LogP contribution in [0.3, 0.4) is 0 Å². The second-order valence-corrected chi connectivity index (χ2v) is 15.4. The van der Waals surface area contributed by atoms with Crippen molar-refractivity contribution in [2.45, 2.75) is 75.8 Å². The third kappa shape index (κ3) is 17.4. The molecule has 4 aromatic carbocycles. The van der Waals surface area contributed by atoms with E-state index in [2.05, 4.69) is 42.8 Å². The van der Waals surface area contributed by atoms with E-state index < -0.39 is 96.6 Å². The van der Waals surface area contributed by atoms with E-state index in [1.165, 1.54) is 38.1 Å². The van der Waals surface area contributed by atoms with Gasteiger partial charge in [-0.15, -0.1) is 0 Å². The van der Waals surface area contributed by atoms with Crippen LogP contribution < -0.4 is 54.2 Å². The molecule has 0 aliphatic rings. The van der Waals surface area contributed by atoms with Crippen molar-refractivity contribution in [2.75, 3.05) is 13.1 Å². The maximum atomic E-state index is 13.6. The molecule has 14 N–H and O–H groups in total. The summed E-state index contributed by atoms with van der Waals surface area (Å²) in [5, 5.41) is 33.9. The topological polar surface area (TPSA) is 325 Å². The minimum atomic E-state index is -1.27. The molecule has 0 saturated heterocycles. The summed E-state index contributed by atoms with van der Waals surface area (Å²) < 4.78 is 0. The Bertz CT molecular complexity index is 2120. The van der Waals surface area contributed by atoms with Gasteiger partial charge in [-0.25, -0.2) is 0 Å². The molecule has 350 valence electrons. The molecule has 6 atom stereocenters. The van der Waals surface area contributed by atoms with Crippen LogP contribution >= 0.6 is 0 Å². The first-order valence-corrected chi connectivity index (χ1v) is 21.0. The lowest BCUT2D eigenvalue weighted by Gasteiger charge is -2.22. The van der Waals surface area contributed by atoms with Crippen LogP contribution in [-0.4, -0.2) is 107 Å². The van der Waals surface area contributed by atoms with Crippen molar-refractivity contribution in [3.8, 4) is 11.5 Å². The van der Waals surface area contributed by atoms with Gasteiger partial charge in [0.2, 0.25) is 35.4 Å². The molecule has 6 unspecified atom stereocenters. The maximum absolute atomic E-state index is 13.6. The van der Waals surface area contributed by atoms with Crippen molar-refractivity contribution in [3.05, 3.63) is 131 Å². The molecule has 4 aromatic rings. The second kappa shape index (κ2) is 25.5. The molecule has 0 radical (unpaired) electrons. The van der Waals surface area contributed by atoms with Gasteiger partial charge in [0.25, 0.3) is 11.8 Å². The Morgan fingerprint density at radius 1 is 0.424 bits per heavy atom. The highest BCUT2D eigenvalue weighted by Gasteiger charge is 2.27. The molecule has 0 aliphatic heterocycles. The zero-order chi connectivity index (χ0) is 48.2. The van der Waals surface area contributed by atoms with E-state index in [-0.39, 0.29) is 37.2 Å². The number of phenolic OH excluding ortho intramolecular Hbond substituents is 2. The van der Waals surface area contributed by atoms with Crippen molar-refractivity contribution in [3.63, 3.8) is 0 Å². The highest BCUT2D eigenvalue weighted by atomic mass is 16.3. The predicted molar refractivity (Wildman–Crippen MR) is 241 cm³/mol. The number of hydrazine groups is 1. The Balaban J connectivity index is 1.30. The minimum Gasteiger partial charge on any atom is -0.508 e. The summed E-state index contributed by atoms with van der Waals surface area (Å²) in [4.78, 5) is 104. The zero-order valence-electron chi connectivity index (χ0n) is 36.4. The number of aromatic hydroxyl groups is 2. The third-order valence-corrected chi connectivity index (χ3v) is 9.99. The smallest absolute Gasteiger partial charge is 0.261 e. The van der Waals surface area contributed by atoms with Crippen LogP contribution in [0.5, 0.6) is 11.5 Å². The zero-order valence-corrected chi connectivity index (χ0v) is 36.4. The monoisotopic (exact) mass is 908 g/mol. The molecular formula is C46H56N10O10. The Labute approximate surface area is 381 Å². The first-order valence-electron chi connectivity index (χ1n) is 21.0. The van der Waals surface area contributed by atoms with Gasteiger partial charge in [-0.3, -0.25) is 49.2 Å². The highest BCUT2D eigenvalue weighted by Crippen LogP contribution is 2.12. The molecule has 20 heteroatoms. The molecule has 0 saturated carbocycles. The molecule has 0 aliphatic carbocycles. The number of carbonyl (C=O) groups is 8. The summed E-state index contributed by atoms with van der Waals surface area (Å²) in [5.41, 5.74) is 19.3. The van der Waals surface area contributed by atoms with Crippen LogP contribution in [-0.2, 0) is 64.0 Å². The molecule has 0 spiro atoms. The van der Waals surface area contributed by atoms with Gasteiger partial charge in [0.05, 0.1) is 25.2 Å². The average molecular weight is 909 g/mol. The largest absolute Gasteiger partial charge is 0.508 e. The Hall–Kier alpha value is -7.84. The Morgan fingerprint density at radius 2 is 0.742 bits per heavy atom. The van der Waals surface area contributed by atoms with Gasteiger partial charge >= 0.3 is 0 Å². The van der Waals surface area contributed by atoms with E-state index in [4.69, 9.17) is 11.5 Å². The molecular weight excluding hydrogens is 853 g/mol. The van der Waals surface area contributed by atoms with Crippen LogP contribution in [0.15, 0.2) is 109 Å². The quantitative estimate of drug-likeness (QED) is 0.0396. The molecule has 0 heterocycles. The van der Waals surface area contributed by atoms with Crippen molar-refractivity contribution in [1.29, 1.82) is 0 Å². The van der Waals surface area contributed by atoms with Crippen LogP contribution in [0.4, 0.5) is 0 Å². The maximum Gasteiger partial charge on any atom is 0.261 e. The Morgan fingerprint density at radius 3 is 1.08 bits per heavy atom. The SMILES string of the molecule is CC(NC(=O)C(N)Cc1ccc(O)cc1)C(=O)NCC(=O)NC(Cc1ccccc1)C(=O)NNC(=O)C(Cc1ccccc1)NC(=O)CNC(=O)C(C)NC(=O)C(N)Cc1ccc(O)cc1. The number of amides is 8. The van der Waals surface area contributed by atoms with Gasteiger partial charge < -0.3 is 53.6 Å². The predicted octanol–water partition coefficient (Wildman–Crippen LogP) is -1.62. The van der Waals surface area contributed by atoms with E-state index >= 15 is 0 Å². The van der Waals surface area contributed by atoms with Gasteiger partial charge in [-0.05, 0) is 73.2 Å². The van der Waals surface area contributed by atoms with Crippen molar-refractivity contribution >= 4 is 47.3 Å². The number of nitrogens with two attached hydrogens (primary N) is 2. The van der Waals surface area contributed by atoms with Gasteiger partial charge in [-0.2, -0.15) is 0 Å². The van der Waals surface area contributed by atoms with Crippen molar-refractivity contribution in [1.82, 2.24) is 42.8 Å². The first-order chi connectivity index (χ1) is 31.5. The fraction of sp³-hybridized carbons (Fsp3) is 0.304. The molecule has 0 aromatic heterocycles. The number of carbonyl (C=O) groups excluding carboxylic acids is 8. The van der Waals surface area contributed by atoms with Gasteiger partial charge in [-0.1, -0.05) is 84.9 Å². The number of nitrogens with one attached hydrogen (secondary N) is 8. The molecule has 66 heavy (non-hydrogen) atoms. The number of rotatable bonds is 22. The van der Waals surface area contributed by atoms with Crippen molar-refractivity contribution < 1.29 is 48.6 Å². The summed E-state index contributed by atoms with van der Waals surface area (Å²) in [5.74, 6) is -5.76. The first kappa shape index (κ1) is 50.8.